The fourth-order valence-electron chi connectivity index (χ4n) is 1.72. The summed E-state index contributed by atoms with van der Waals surface area (Å²) in [6, 6.07) is 1.82. The number of thiazole rings is 1. The van der Waals surface area contributed by atoms with Crippen LogP contribution < -0.4 is 0 Å². The molecule has 3 nitrogen and oxygen atoms in total. The van der Waals surface area contributed by atoms with Crippen LogP contribution in [-0.4, -0.2) is 15.0 Å². The van der Waals surface area contributed by atoms with Crippen LogP contribution in [0, 0.1) is 0 Å². The van der Waals surface area contributed by atoms with Crippen molar-refractivity contribution in [1.29, 1.82) is 0 Å². The van der Waals surface area contributed by atoms with Crippen LogP contribution in [0.4, 0.5) is 0 Å². The maximum atomic E-state index is 6.07. The lowest BCUT2D eigenvalue weighted by molar-refractivity contribution is 0.571. The van der Waals surface area contributed by atoms with Crippen LogP contribution in [0.1, 0.15) is 62.8 Å². The van der Waals surface area contributed by atoms with Crippen LogP contribution in [0.3, 0.4) is 0 Å². The highest BCUT2D eigenvalue weighted by Crippen LogP contribution is 2.25. The van der Waals surface area contributed by atoms with E-state index in [1.807, 2.05) is 6.07 Å². The third-order valence-corrected chi connectivity index (χ3v) is 3.98. The van der Waals surface area contributed by atoms with Crippen molar-refractivity contribution in [3.05, 3.63) is 38.8 Å². The van der Waals surface area contributed by atoms with Crippen LogP contribution in [-0.2, 0) is 11.8 Å². The Morgan fingerprint density at radius 3 is 2.45 bits per heavy atom. The molecule has 2 aromatic rings. The van der Waals surface area contributed by atoms with Crippen LogP contribution in [0.25, 0.3) is 0 Å². The molecule has 0 spiro atoms. The van der Waals surface area contributed by atoms with Crippen LogP contribution in [0.5, 0.6) is 0 Å². The first-order valence-electron chi connectivity index (χ1n) is 6.74. The molecule has 5 heteroatoms. The summed E-state index contributed by atoms with van der Waals surface area (Å²) in [5.74, 6) is 1.06. The van der Waals surface area contributed by atoms with E-state index in [0.29, 0.717) is 11.6 Å². The van der Waals surface area contributed by atoms with Gasteiger partial charge in [0.15, 0.2) is 0 Å². The topological polar surface area (TPSA) is 38.7 Å². The molecule has 0 saturated heterocycles. The second-order valence-corrected chi connectivity index (χ2v) is 7.58. The molecule has 0 radical (unpaired) electrons. The van der Waals surface area contributed by atoms with Crippen molar-refractivity contribution in [2.75, 3.05) is 0 Å². The Balaban J connectivity index is 2.24. The van der Waals surface area contributed by atoms with Gasteiger partial charge in [0.1, 0.15) is 11.0 Å². The molecule has 0 aromatic carbocycles. The van der Waals surface area contributed by atoms with Gasteiger partial charge in [-0.3, -0.25) is 0 Å². The van der Waals surface area contributed by atoms with E-state index in [9.17, 15) is 0 Å². The molecule has 108 valence electrons. The summed E-state index contributed by atoms with van der Waals surface area (Å²) in [6.45, 7) is 10.6. The van der Waals surface area contributed by atoms with E-state index in [-0.39, 0.29) is 11.3 Å². The standard InChI is InChI=1S/C15H20ClN3S/c1-9(2)14-17-10(6-12(16)19-14)7-13-18-11(8-20-13)15(3,4)5/h6,8-9H,7H2,1-5H3. The fraction of sp³-hybridized carbons (Fsp3) is 0.533. The van der Waals surface area contributed by atoms with E-state index < -0.39 is 0 Å². The van der Waals surface area contributed by atoms with Crippen LogP contribution >= 0.6 is 22.9 Å². The van der Waals surface area contributed by atoms with E-state index >= 15 is 0 Å². The van der Waals surface area contributed by atoms with E-state index in [1.54, 1.807) is 11.3 Å². The number of aromatic nitrogens is 3. The summed E-state index contributed by atoms with van der Waals surface area (Å²) in [4.78, 5) is 13.5. The first-order chi connectivity index (χ1) is 9.25. The zero-order valence-corrected chi connectivity index (χ0v) is 14.1. The average Bonchev–Trinajstić information content (AvgIpc) is 2.76. The van der Waals surface area contributed by atoms with E-state index in [0.717, 1.165) is 22.2 Å². The molecule has 0 bridgehead atoms. The maximum Gasteiger partial charge on any atom is 0.133 e. The lowest BCUT2D eigenvalue weighted by Crippen LogP contribution is -2.11. The molecule has 0 atom stereocenters. The van der Waals surface area contributed by atoms with Gasteiger partial charge in [0.2, 0.25) is 0 Å². The number of hydrogen-bond donors (Lipinski definition) is 0. The normalized spacial score (nSPS) is 12.2. The summed E-state index contributed by atoms with van der Waals surface area (Å²) in [7, 11) is 0. The Hall–Kier alpha value is -1.00. The third kappa shape index (κ3) is 3.76. The lowest BCUT2D eigenvalue weighted by atomic mass is 9.93. The predicted octanol–water partition coefficient (Wildman–Crippen LogP) is 4.60. The zero-order chi connectivity index (χ0) is 14.9. The quantitative estimate of drug-likeness (QED) is 0.778. The van der Waals surface area contributed by atoms with E-state index in [4.69, 9.17) is 16.6 Å². The minimum absolute atomic E-state index is 0.0845. The molecular formula is C15H20ClN3S. The van der Waals surface area contributed by atoms with Gasteiger partial charge >= 0.3 is 0 Å². The zero-order valence-electron chi connectivity index (χ0n) is 12.6. The Morgan fingerprint density at radius 2 is 1.90 bits per heavy atom. The van der Waals surface area contributed by atoms with Gasteiger partial charge < -0.3 is 0 Å². The summed E-state index contributed by atoms with van der Waals surface area (Å²) < 4.78 is 0. The second-order valence-electron chi connectivity index (χ2n) is 6.25. The van der Waals surface area contributed by atoms with Gasteiger partial charge in [-0.2, -0.15) is 0 Å². The minimum atomic E-state index is 0.0845. The molecular weight excluding hydrogens is 290 g/mol. The SMILES string of the molecule is CC(C)c1nc(Cl)cc(Cc2nc(C(C)(C)C)cs2)n1. The molecule has 0 N–H and O–H groups in total. The predicted molar refractivity (Wildman–Crippen MR) is 84.8 cm³/mol. The Kier molecular flexibility index (Phi) is 4.45. The van der Waals surface area contributed by atoms with Gasteiger partial charge in [-0.05, 0) is 6.07 Å². The molecule has 0 aliphatic heterocycles. The van der Waals surface area contributed by atoms with Gasteiger partial charge in [0.25, 0.3) is 0 Å². The smallest absolute Gasteiger partial charge is 0.133 e. The van der Waals surface area contributed by atoms with Crippen molar-refractivity contribution in [3.8, 4) is 0 Å². The Morgan fingerprint density at radius 1 is 1.20 bits per heavy atom. The molecule has 2 rings (SSSR count). The van der Waals surface area contributed by atoms with Crippen molar-refractivity contribution >= 4 is 22.9 Å². The molecule has 0 aliphatic rings. The second kappa shape index (κ2) is 5.78. The monoisotopic (exact) mass is 309 g/mol. The summed E-state index contributed by atoms with van der Waals surface area (Å²) in [5.41, 5.74) is 2.14. The first-order valence-corrected chi connectivity index (χ1v) is 7.99. The highest BCUT2D eigenvalue weighted by Gasteiger charge is 2.18. The molecule has 2 aromatic heterocycles. The van der Waals surface area contributed by atoms with Crippen molar-refractivity contribution in [2.45, 2.75) is 52.4 Å². The van der Waals surface area contributed by atoms with E-state index in [2.05, 4.69) is 50.0 Å². The molecule has 2 heterocycles. The molecule has 0 amide bonds. The fourth-order valence-corrected chi connectivity index (χ4v) is 2.97. The number of nitrogens with zero attached hydrogens (tertiary/aromatic N) is 3. The van der Waals surface area contributed by atoms with Gasteiger partial charge in [0, 0.05) is 23.1 Å². The minimum Gasteiger partial charge on any atom is -0.245 e. The maximum absolute atomic E-state index is 6.07. The van der Waals surface area contributed by atoms with Crippen molar-refractivity contribution < 1.29 is 0 Å². The average molecular weight is 310 g/mol. The summed E-state index contributed by atoms with van der Waals surface area (Å²) in [6.07, 6.45) is 0.711. The van der Waals surface area contributed by atoms with E-state index in [1.165, 1.54) is 0 Å². The highest BCUT2D eigenvalue weighted by atomic mass is 35.5. The largest absolute Gasteiger partial charge is 0.245 e. The van der Waals surface area contributed by atoms with Crippen molar-refractivity contribution in [2.24, 2.45) is 0 Å². The third-order valence-electron chi connectivity index (χ3n) is 2.93. The number of halogens is 1. The lowest BCUT2D eigenvalue weighted by Gasteiger charge is -2.14. The number of hydrogen-bond acceptors (Lipinski definition) is 4. The number of rotatable bonds is 3. The molecule has 0 fully saturated rings. The van der Waals surface area contributed by atoms with Crippen molar-refractivity contribution in [1.82, 2.24) is 15.0 Å². The first kappa shape index (κ1) is 15.4. The Labute approximate surface area is 129 Å². The van der Waals surface area contributed by atoms with Crippen molar-refractivity contribution in [3.63, 3.8) is 0 Å². The van der Waals surface area contributed by atoms with Gasteiger partial charge in [-0.15, -0.1) is 11.3 Å². The van der Waals surface area contributed by atoms with Gasteiger partial charge in [-0.1, -0.05) is 46.2 Å². The Bertz CT molecular complexity index is 599. The molecule has 0 aliphatic carbocycles. The highest BCUT2D eigenvalue weighted by molar-refractivity contribution is 7.09. The molecule has 20 heavy (non-hydrogen) atoms. The molecule has 0 saturated carbocycles. The molecule has 0 unspecified atom stereocenters. The van der Waals surface area contributed by atoms with Crippen LogP contribution in [0.15, 0.2) is 11.4 Å². The van der Waals surface area contributed by atoms with Gasteiger partial charge in [0.05, 0.1) is 16.4 Å². The summed E-state index contributed by atoms with van der Waals surface area (Å²) in [5, 5.41) is 3.70. The van der Waals surface area contributed by atoms with Gasteiger partial charge in [-0.25, -0.2) is 15.0 Å². The summed E-state index contributed by atoms with van der Waals surface area (Å²) >= 11 is 7.75. The van der Waals surface area contributed by atoms with Crippen LogP contribution in [0.2, 0.25) is 5.15 Å².